The highest BCUT2D eigenvalue weighted by atomic mass is 79.9. The summed E-state index contributed by atoms with van der Waals surface area (Å²) in [4.78, 5) is 3.56. The van der Waals surface area contributed by atoms with Crippen molar-refractivity contribution in [2.45, 2.75) is 12.3 Å². The van der Waals surface area contributed by atoms with Crippen molar-refractivity contribution in [2.75, 3.05) is 6.61 Å². The molecule has 0 aromatic carbocycles. The summed E-state index contributed by atoms with van der Waals surface area (Å²) < 4.78 is 53.5. The van der Waals surface area contributed by atoms with Gasteiger partial charge in [-0.05, 0) is 22.0 Å². The van der Waals surface area contributed by atoms with Crippen molar-refractivity contribution in [3.8, 4) is 5.88 Å². The first-order chi connectivity index (χ1) is 7.33. The van der Waals surface area contributed by atoms with Crippen LogP contribution in [0.15, 0.2) is 16.7 Å². The molecule has 0 unspecified atom stereocenters. The number of ether oxygens (including phenoxy) is 1. The standard InChI is InChI=1S/C8H5BrClF4NO/c9-4-1-5(10)6(15-2-4)16-3-8(13,14)7(11)12/h1-2,7H,3H2. The number of halogens is 6. The molecule has 1 heterocycles. The molecule has 0 aliphatic rings. The van der Waals surface area contributed by atoms with Crippen LogP contribution in [0.1, 0.15) is 0 Å². The van der Waals surface area contributed by atoms with Crippen molar-refractivity contribution < 1.29 is 22.3 Å². The van der Waals surface area contributed by atoms with E-state index in [-0.39, 0.29) is 10.9 Å². The zero-order valence-electron chi connectivity index (χ0n) is 7.56. The van der Waals surface area contributed by atoms with E-state index in [4.69, 9.17) is 11.6 Å². The summed E-state index contributed by atoms with van der Waals surface area (Å²) in [6.45, 7) is -1.47. The van der Waals surface area contributed by atoms with E-state index in [2.05, 4.69) is 25.7 Å². The number of pyridine rings is 1. The van der Waals surface area contributed by atoms with Gasteiger partial charge in [0.05, 0.1) is 0 Å². The Bertz CT molecular complexity index is 377. The zero-order chi connectivity index (χ0) is 12.3. The molecule has 16 heavy (non-hydrogen) atoms. The maximum atomic E-state index is 12.5. The normalized spacial score (nSPS) is 11.9. The van der Waals surface area contributed by atoms with Crippen LogP contribution < -0.4 is 4.74 Å². The molecule has 0 N–H and O–H groups in total. The molecule has 0 aliphatic carbocycles. The molecular weight excluding hydrogens is 317 g/mol. The fraction of sp³-hybridized carbons (Fsp3) is 0.375. The predicted molar refractivity (Wildman–Crippen MR) is 53.4 cm³/mol. The second-order valence-corrected chi connectivity index (χ2v) is 4.11. The number of hydrogen-bond donors (Lipinski definition) is 0. The minimum Gasteiger partial charge on any atom is -0.470 e. The van der Waals surface area contributed by atoms with Crippen molar-refractivity contribution in [1.29, 1.82) is 0 Å². The molecule has 0 aliphatic heterocycles. The molecule has 0 radical (unpaired) electrons. The molecule has 1 rings (SSSR count). The van der Waals surface area contributed by atoms with E-state index in [0.717, 1.165) is 0 Å². The number of alkyl halides is 4. The fourth-order valence-corrected chi connectivity index (χ4v) is 1.42. The van der Waals surface area contributed by atoms with Crippen LogP contribution in [0.5, 0.6) is 5.88 Å². The lowest BCUT2D eigenvalue weighted by atomic mass is 10.4. The lowest BCUT2D eigenvalue weighted by Gasteiger charge is -2.15. The van der Waals surface area contributed by atoms with E-state index in [9.17, 15) is 17.6 Å². The van der Waals surface area contributed by atoms with Gasteiger partial charge >= 0.3 is 12.3 Å². The Balaban J connectivity index is 2.68. The van der Waals surface area contributed by atoms with Crippen LogP contribution in [0.2, 0.25) is 5.02 Å². The fourth-order valence-electron chi connectivity index (χ4n) is 0.736. The smallest absolute Gasteiger partial charge is 0.340 e. The monoisotopic (exact) mass is 321 g/mol. The van der Waals surface area contributed by atoms with Crippen molar-refractivity contribution in [3.05, 3.63) is 21.8 Å². The van der Waals surface area contributed by atoms with Gasteiger partial charge in [-0.2, -0.15) is 8.78 Å². The average Bonchev–Trinajstić information content (AvgIpc) is 2.16. The average molecular weight is 322 g/mol. The Morgan fingerprint density at radius 1 is 1.50 bits per heavy atom. The number of hydrogen-bond acceptors (Lipinski definition) is 2. The van der Waals surface area contributed by atoms with E-state index >= 15 is 0 Å². The lowest BCUT2D eigenvalue weighted by Crippen LogP contribution is -2.33. The quantitative estimate of drug-likeness (QED) is 0.787. The molecule has 1 aromatic rings. The minimum absolute atomic E-state index is 0.0422. The van der Waals surface area contributed by atoms with Crippen LogP contribution in [0, 0.1) is 0 Å². The molecule has 0 fully saturated rings. The summed E-state index contributed by atoms with van der Waals surface area (Å²) in [7, 11) is 0. The topological polar surface area (TPSA) is 22.1 Å². The van der Waals surface area contributed by atoms with E-state index in [1.165, 1.54) is 12.3 Å². The molecule has 0 amide bonds. The van der Waals surface area contributed by atoms with Crippen molar-refractivity contribution in [2.24, 2.45) is 0 Å². The summed E-state index contributed by atoms with van der Waals surface area (Å²) in [6.07, 6.45) is -2.54. The molecule has 0 saturated carbocycles. The first-order valence-corrected chi connectivity index (χ1v) is 5.10. The van der Waals surface area contributed by atoms with Gasteiger partial charge in [0.15, 0.2) is 6.61 Å². The minimum atomic E-state index is -4.22. The Morgan fingerprint density at radius 3 is 2.62 bits per heavy atom. The summed E-state index contributed by atoms with van der Waals surface area (Å²) in [6, 6.07) is 1.35. The van der Waals surface area contributed by atoms with Crippen LogP contribution in [-0.4, -0.2) is 23.9 Å². The molecule has 0 atom stereocenters. The molecular formula is C8H5BrClF4NO. The maximum Gasteiger partial charge on any atom is 0.340 e. The van der Waals surface area contributed by atoms with Crippen molar-refractivity contribution >= 4 is 27.5 Å². The van der Waals surface area contributed by atoms with Crippen LogP contribution in [0.4, 0.5) is 17.6 Å². The van der Waals surface area contributed by atoms with Gasteiger partial charge < -0.3 is 4.74 Å². The second-order valence-electron chi connectivity index (χ2n) is 2.79. The SMILES string of the molecule is FC(F)C(F)(F)COc1ncc(Br)cc1Cl. The lowest BCUT2D eigenvalue weighted by molar-refractivity contribution is -0.148. The number of rotatable bonds is 4. The third-order valence-electron chi connectivity index (χ3n) is 1.49. The van der Waals surface area contributed by atoms with Gasteiger partial charge in [0.1, 0.15) is 5.02 Å². The summed E-state index contributed by atoms with van der Waals surface area (Å²) >= 11 is 8.63. The first kappa shape index (κ1) is 13.5. The zero-order valence-corrected chi connectivity index (χ0v) is 9.90. The Kier molecular flexibility index (Phi) is 4.37. The molecule has 0 spiro atoms. The Hall–Kier alpha value is -0.560. The van der Waals surface area contributed by atoms with Crippen molar-refractivity contribution in [1.82, 2.24) is 4.98 Å². The second kappa shape index (κ2) is 5.18. The van der Waals surface area contributed by atoms with Gasteiger partial charge in [-0.3, -0.25) is 0 Å². The molecule has 2 nitrogen and oxygen atoms in total. The molecule has 90 valence electrons. The van der Waals surface area contributed by atoms with Gasteiger partial charge in [-0.15, -0.1) is 0 Å². The molecule has 0 bridgehead atoms. The van der Waals surface area contributed by atoms with Gasteiger partial charge in [-0.25, -0.2) is 13.8 Å². The third kappa shape index (κ3) is 3.48. The Morgan fingerprint density at radius 2 is 2.12 bits per heavy atom. The molecule has 0 saturated heterocycles. The number of nitrogens with zero attached hydrogens (tertiary/aromatic N) is 1. The predicted octanol–water partition coefficient (Wildman–Crippen LogP) is 3.78. The van der Waals surface area contributed by atoms with Crippen LogP contribution in [0.25, 0.3) is 0 Å². The van der Waals surface area contributed by atoms with Gasteiger partial charge in [-0.1, -0.05) is 11.6 Å². The van der Waals surface area contributed by atoms with Crippen molar-refractivity contribution in [3.63, 3.8) is 0 Å². The van der Waals surface area contributed by atoms with Gasteiger partial charge in [0.25, 0.3) is 0 Å². The van der Waals surface area contributed by atoms with Crippen LogP contribution in [-0.2, 0) is 0 Å². The van der Waals surface area contributed by atoms with Gasteiger partial charge in [0.2, 0.25) is 5.88 Å². The van der Waals surface area contributed by atoms with E-state index in [0.29, 0.717) is 4.47 Å². The highest BCUT2D eigenvalue weighted by Crippen LogP contribution is 2.28. The maximum absolute atomic E-state index is 12.5. The van der Waals surface area contributed by atoms with E-state index in [1.807, 2.05) is 0 Å². The summed E-state index contributed by atoms with van der Waals surface area (Å²) in [5.74, 6) is -4.54. The summed E-state index contributed by atoms with van der Waals surface area (Å²) in [5.41, 5.74) is 0. The first-order valence-electron chi connectivity index (χ1n) is 3.93. The number of aromatic nitrogens is 1. The Labute approximate surface area is 102 Å². The largest absolute Gasteiger partial charge is 0.470 e. The molecule has 8 heteroatoms. The highest BCUT2D eigenvalue weighted by molar-refractivity contribution is 9.10. The highest BCUT2D eigenvalue weighted by Gasteiger charge is 2.42. The van der Waals surface area contributed by atoms with Crippen LogP contribution >= 0.6 is 27.5 Å². The van der Waals surface area contributed by atoms with Gasteiger partial charge in [0, 0.05) is 10.7 Å². The summed E-state index contributed by atoms with van der Waals surface area (Å²) in [5, 5.41) is -0.0422. The third-order valence-corrected chi connectivity index (χ3v) is 2.20. The van der Waals surface area contributed by atoms with E-state index < -0.39 is 19.0 Å². The van der Waals surface area contributed by atoms with Crippen LogP contribution in [0.3, 0.4) is 0 Å². The molecule has 1 aromatic heterocycles. The van der Waals surface area contributed by atoms with E-state index in [1.54, 1.807) is 0 Å².